The first-order valence-corrected chi connectivity index (χ1v) is 10.7. The average Bonchev–Trinajstić information content (AvgIpc) is 3.09. The zero-order valence-electron chi connectivity index (χ0n) is 17.9. The van der Waals surface area contributed by atoms with Crippen molar-refractivity contribution in [2.24, 2.45) is 0 Å². The minimum Gasteiger partial charge on any atom is -0.462 e. The summed E-state index contributed by atoms with van der Waals surface area (Å²) in [6.45, 7) is 5.68. The number of amides is 1. The molecule has 32 heavy (non-hydrogen) atoms. The van der Waals surface area contributed by atoms with Crippen molar-refractivity contribution in [3.63, 3.8) is 0 Å². The van der Waals surface area contributed by atoms with Crippen LogP contribution in [0.2, 0.25) is 0 Å². The number of nitrogens with one attached hydrogen (secondary N) is 1. The van der Waals surface area contributed by atoms with Crippen LogP contribution >= 0.6 is 11.3 Å². The molecule has 0 unspecified atom stereocenters. The van der Waals surface area contributed by atoms with Gasteiger partial charge in [0.1, 0.15) is 10.6 Å². The van der Waals surface area contributed by atoms with Crippen LogP contribution in [0.15, 0.2) is 54.6 Å². The van der Waals surface area contributed by atoms with Crippen LogP contribution in [0.1, 0.15) is 33.3 Å². The molecule has 0 radical (unpaired) electrons. The number of nitro benzene ring substituents is 1. The second kappa shape index (κ2) is 10.0. The number of rotatable bonds is 7. The maximum atomic E-state index is 12.7. The first-order valence-electron chi connectivity index (χ1n) is 9.91. The van der Waals surface area contributed by atoms with Crippen LogP contribution in [-0.4, -0.2) is 23.4 Å². The van der Waals surface area contributed by atoms with E-state index in [0.29, 0.717) is 16.1 Å². The van der Waals surface area contributed by atoms with Crippen LogP contribution in [-0.2, 0) is 9.53 Å². The molecule has 0 saturated carbocycles. The second-order valence-electron chi connectivity index (χ2n) is 7.00. The maximum Gasteiger partial charge on any atom is 0.341 e. The summed E-state index contributed by atoms with van der Waals surface area (Å²) < 4.78 is 5.22. The lowest BCUT2D eigenvalue weighted by atomic mass is 10.0. The number of benzene rings is 2. The molecule has 7 nitrogen and oxygen atoms in total. The quantitative estimate of drug-likeness (QED) is 0.213. The number of anilines is 1. The van der Waals surface area contributed by atoms with Crippen molar-refractivity contribution < 1.29 is 19.2 Å². The molecule has 3 rings (SSSR count). The van der Waals surface area contributed by atoms with E-state index in [0.717, 1.165) is 16.0 Å². The molecule has 0 aliphatic carbocycles. The van der Waals surface area contributed by atoms with Crippen molar-refractivity contribution in [3.05, 3.63) is 86.3 Å². The van der Waals surface area contributed by atoms with Gasteiger partial charge in [0.15, 0.2) is 0 Å². The molecule has 3 aromatic rings. The predicted octanol–water partition coefficient (Wildman–Crippen LogP) is 5.77. The van der Waals surface area contributed by atoms with Gasteiger partial charge in [-0.25, -0.2) is 4.79 Å². The smallest absolute Gasteiger partial charge is 0.341 e. The number of carbonyl (C=O) groups is 2. The van der Waals surface area contributed by atoms with Gasteiger partial charge in [-0.2, -0.15) is 0 Å². The Morgan fingerprint density at radius 2 is 1.75 bits per heavy atom. The normalized spacial score (nSPS) is 10.8. The van der Waals surface area contributed by atoms with Crippen LogP contribution in [0.25, 0.3) is 17.2 Å². The van der Waals surface area contributed by atoms with E-state index in [1.165, 1.54) is 29.5 Å². The molecular formula is C24H22N2O5S. The number of esters is 1. The number of nitro groups is 1. The molecule has 1 N–H and O–H groups in total. The Bertz CT molecular complexity index is 1180. The maximum absolute atomic E-state index is 12.7. The average molecular weight is 451 g/mol. The first-order chi connectivity index (χ1) is 15.3. The van der Waals surface area contributed by atoms with Gasteiger partial charge in [-0.3, -0.25) is 14.9 Å². The summed E-state index contributed by atoms with van der Waals surface area (Å²) >= 11 is 1.25. The highest BCUT2D eigenvalue weighted by atomic mass is 32.1. The van der Waals surface area contributed by atoms with Crippen molar-refractivity contribution >= 4 is 40.0 Å². The Morgan fingerprint density at radius 3 is 2.34 bits per heavy atom. The molecule has 0 aliphatic rings. The van der Waals surface area contributed by atoms with Crippen molar-refractivity contribution in [3.8, 4) is 11.1 Å². The molecule has 0 aliphatic heterocycles. The molecule has 164 valence electrons. The van der Waals surface area contributed by atoms with Crippen LogP contribution in [0, 0.1) is 24.0 Å². The van der Waals surface area contributed by atoms with E-state index in [9.17, 15) is 19.7 Å². The van der Waals surface area contributed by atoms with E-state index in [-0.39, 0.29) is 23.8 Å². The van der Waals surface area contributed by atoms with Crippen LogP contribution in [0.5, 0.6) is 0 Å². The zero-order valence-corrected chi connectivity index (χ0v) is 18.7. The van der Waals surface area contributed by atoms with Crippen molar-refractivity contribution in [2.45, 2.75) is 20.8 Å². The number of thiophene rings is 1. The highest BCUT2D eigenvalue weighted by molar-refractivity contribution is 7.17. The number of hydrogen-bond acceptors (Lipinski definition) is 6. The molecule has 0 spiro atoms. The van der Waals surface area contributed by atoms with Crippen molar-refractivity contribution in [1.82, 2.24) is 0 Å². The Balaban J connectivity index is 1.94. The van der Waals surface area contributed by atoms with Crippen molar-refractivity contribution in [2.75, 3.05) is 11.9 Å². The van der Waals surface area contributed by atoms with Gasteiger partial charge in [0.05, 0.1) is 11.5 Å². The van der Waals surface area contributed by atoms with E-state index in [4.69, 9.17) is 4.74 Å². The second-order valence-corrected chi connectivity index (χ2v) is 8.22. The van der Waals surface area contributed by atoms with Gasteiger partial charge in [-0.1, -0.05) is 29.8 Å². The van der Waals surface area contributed by atoms with Crippen LogP contribution in [0.4, 0.5) is 10.7 Å². The number of non-ortho nitro benzene ring substituents is 1. The largest absolute Gasteiger partial charge is 0.462 e. The van der Waals surface area contributed by atoms with Gasteiger partial charge in [0.2, 0.25) is 5.91 Å². The highest BCUT2D eigenvalue weighted by Crippen LogP contribution is 2.40. The minimum atomic E-state index is -0.567. The molecule has 0 fully saturated rings. The molecule has 0 bridgehead atoms. The van der Waals surface area contributed by atoms with Gasteiger partial charge in [-0.15, -0.1) is 11.3 Å². The molecular weight excluding hydrogens is 428 g/mol. The summed E-state index contributed by atoms with van der Waals surface area (Å²) in [6, 6.07) is 13.6. The van der Waals surface area contributed by atoms with Gasteiger partial charge in [0.25, 0.3) is 5.69 Å². The third kappa shape index (κ3) is 5.28. The Morgan fingerprint density at radius 1 is 1.09 bits per heavy atom. The molecule has 1 heterocycles. The molecule has 0 saturated heterocycles. The highest BCUT2D eigenvalue weighted by Gasteiger charge is 2.25. The topological polar surface area (TPSA) is 98.5 Å². The first kappa shape index (κ1) is 22.9. The molecule has 0 atom stereocenters. The fourth-order valence-corrected chi connectivity index (χ4v) is 4.20. The summed E-state index contributed by atoms with van der Waals surface area (Å²) in [6.07, 6.45) is 3.09. The van der Waals surface area contributed by atoms with E-state index in [2.05, 4.69) is 5.32 Å². The summed E-state index contributed by atoms with van der Waals surface area (Å²) in [7, 11) is 0. The third-order valence-corrected chi connectivity index (χ3v) is 5.69. The fraction of sp³-hybridized carbons (Fsp3) is 0.167. The number of hydrogen-bond donors (Lipinski definition) is 1. The molecule has 2 aromatic carbocycles. The number of ether oxygens (including phenoxy) is 1. The Hall–Kier alpha value is -3.78. The number of nitrogens with zero attached hydrogens (tertiary/aromatic N) is 1. The van der Waals surface area contributed by atoms with Crippen LogP contribution in [0.3, 0.4) is 0 Å². The Labute approximate surface area is 189 Å². The number of carbonyl (C=O) groups excluding carboxylic acids is 2. The minimum absolute atomic E-state index is 0.0471. The van der Waals surface area contributed by atoms with Crippen LogP contribution < -0.4 is 5.32 Å². The van der Waals surface area contributed by atoms with Gasteiger partial charge >= 0.3 is 5.97 Å². The molecule has 1 amide bonds. The van der Waals surface area contributed by atoms with Gasteiger partial charge < -0.3 is 10.1 Å². The summed E-state index contributed by atoms with van der Waals surface area (Å²) in [5, 5.41) is 14.1. The van der Waals surface area contributed by atoms with Crippen molar-refractivity contribution in [1.29, 1.82) is 0 Å². The predicted molar refractivity (Wildman–Crippen MR) is 126 cm³/mol. The summed E-state index contributed by atoms with van der Waals surface area (Å²) in [4.78, 5) is 36.5. The summed E-state index contributed by atoms with van der Waals surface area (Å²) in [5.74, 6) is -0.948. The van der Waals surface area contributed by atoms with E-state index >= 15 is 0 Å². The lowest BCUT2D eigenvalue weighted by Crippen LogP contribution is -2.12. The molecule has 8 heteroatoms. The van der Waals surface area contributed by atoms with E-state index in [1.807, 2.05) is 38.1 Å². The SMILES string of the molecule is CCOC(=O)c1c(NC(=O)C=Cc2ccc(C)cc2)sc(C)c1-c1ccc([N+](=O)[O-])cc1. The lowest BCUT2D eigenvalue weighted by Gasteiger charge is -2.08. The summed E-state index contributed by atoms with van der Waals surface area (Å²) in [5.41, 5.74) is 3.41. The Kier molecular flexibility index (Phi) is 7.17. The number of aryl methyl sites for hydroxylation is 2. The molecule has 1 aromatic heterocycles. The fourth-order valence-electron chi connectivity index (χ4n) is 3.13. The lowest BCUT2D eigenvalue weighted by molar-refractivity contribution is -0.384. The monoisotopic (exact) mass is 450 g/mol. The van der Waals surface area contributed by atoms with Gasteiger partial charge in [0, 0.05) is 28.6 Å². The third-order valence-electron chi connectivity index (χ3n) is 4.67. The van der Waals surface area contributed by atoms with E-state index < -0.39 is 10.9 Å². The standard InChI is InChI=1S/C24H22N2O5S/c1-4-31-24(28)22-21(18-10-12-19(13-11-18)26(29)30)16(3)32-23(22)25-20(27)14-9-17-7-5-15(2)6-8-17/h5-14H,4H2,1-3H3,(H,25,27). The van der Waals surface area contributed by atoms with Gasteiger partial charge in [-0.05, 0) is 50.1 Å². The zero-order chi connectivity index (χ0) is 23.3. The van der Waals surface area contributed by atoms with E-state index in [1.54, 1.807) is 25.1 Å².